The molecule has 0 amide bonds. The van der Waals surface area contributed by atoms with Crippen LogP contribution in [0.5, 0.6) is 0 Å². The SMILES string of the molecule is [F-].[F][Pb][F].[Na+]. The Morgan fingerprint density at radius 3 is 1.20 bits per heavy atom. The number of rotatable bonds is 0. The van der Waals surface area contributed by atoms with Crippen LogP contribution in [0, 0.1) is 0 Å². The van der Waals surface area contributed by atoms with Gasteiger partial charge < -0.3 is 4.70 Å². The Morgan fingerprint density at radius 2 is 1.20 bits per heavy atom. The van der Waals surface area contributed by atoms with Gasteiger partial charge in [-0.05, 0) is 0 Å². The Balaban J connectivity index is -0.0000000200. The van der Waals surface area contributed by atoms with Crippen molar-refractivity contribution in [2.45, 2.75) is 0 Å². The zero-order valence-corrected chi connectivity index (χ0v) is 8.52. The fourth-order valence-corrected chi connectivity index (χ4v) is 0. The summed E-state index contributed by atoms with van der Waals surface area (Å²) < 4.78 is 19.6. The van der Waals surface area contributed by atoms with Gasteiger partial charge in [0.1, 0.15) is 0 Å². The van der Waals surface area contributed by atoms with E-state index >= 15 is 0 Å². The molecule has 0 heterocycles. The fourth-order valence-electron chi connectivity index (χ4n) is 0. The monoisotopic (exact) mass is 288 g/mol. The Morgan fingerprint density at radius 1 is 1.20 bits per heavy atom. The van der Waals surface area contributed by atoms with Gasteiger partial charge in [-0.25, -0.2) is 0 Å². The molecule has 0 aliphatic heterocycles. The van der Waals surface area contributed by atoms with Crippen LogP contribution in [0.4, 0.5) is 5.02 Å². The van der Waals surface area contributed by atoms with Crippen molar-refractivity contribution < 1.29 is 39.3 Å². The normalized spacial score (nSPS) is 3.60. The first-order chi connectivity index (χ1) is 1.41. The van der Waals surface area contributed by atoms with Crippen LogP contribution in [0.15, 0.2) is 0 Å². The summed E-state index contributed by atoms with van der Waals surface area (Å²) in [6.07, 6.45) is 0. The molecular weight excluding hydrogens is 287 g/mol. The maximum absolute atomic E-state index is 9.82. The molecule has 2 radical (unpaired) electrons. The standard InChI is InChI=1S/3FH.Na.Pb/h3*1H;;/q;;;+1;+2/p-3. The van der Waals surface area contributed by atoms with Gasteiger partial charge in [0, 0.05) is 0 Å². The first kappa shape index (κ1) is 15.9. The molecule has 26 valence electrons. The van der Waals surface area contributed by atoms with Crippen LogP contribution in [-0.2, 0) is 0 Å². The van der Waals surface area contributed by atoms with Gasteiger partial charge >= 0.3 is 60.1 Å². The predicted molar refractivity (Wildman–Crippen MR) is 7.97 cm³/mol. The van der Waals surface area contributed by atoms with Gasteiger partial charge in [0.25, 0.3) is 0 Å². The van der Waals surface area contributed by atoms with Crippen molar-refractivity contribution in [1.82, 2.24) is 0 Å². The molecule has 0 aliphatic rings. The van der Waals surface area contributed by atoms with Gasteiger partial charge in [-0.15, -0.1) is 0 Å². The summed E-state index contributed by atoms with van der Waals surface area (Å²) >= 11 is -2.92. The van der Waals surface area contributed by atoms with E-state index in [1.807, 2.05) is 0 Å². The van der Waals surface area contributed by atoms with Gasteiger partial charge in [-0.1, -0.05) is 0 Å². The van der Waals surface area contributed by atoms with E-state index < -0.39 is 25.5 Å². The van der Waals surface area contributed by atoms with Crippen LogP contribution < -0.4 is 34.3 Å². The number of halogens is 3. The van der Waals surface area contributed by atoms with Crippen molar-refractivity contribution in [3.05, 3.63) is 0 Å². The average Bonchev–Trinajstić information content (AvgIpc) is 0.918. The second kappa shape index (κ2) is 17.2. The third kappa shape index (κ3) is 26.9. The van der Waals surface area contributed by atoms with Gasteiger partial charge in [0.15, 0.2) is 0 Å². The smallest absolute Gasteiger partial charge is 1.00 e. The Hall–Kier alpha value is 1.71. The van der Waals surface area contributed by atoms with Crippen molar-refractivity contribution in [1.29, 1.82) is 0 Å². The first-order valence-electron chi connectivity index (χ1n) is 0.378. The molecule has 5 heteroatoms. The van der Waals surface area contributed by atoms with Crippen molar-refractivity contribution in [2.75, 3.05) is 0 Å². The Kier molecular flexibility index (Phi) is 54.8. The minimum Gasteiger partial charge on any atom is 1.00 e. The van der Waals surface area contributed by atoms with Gasteiger partial charge in [0.05, 0.1) is 0 Å². The van der Waals surface area contributed by atoms with Crippen LogP contribution in [0.2, 0.25) is 0 Å². The molecule has 0 aromatic heterocycles. The molecule has 0 fully saturated rings. The third-order valence-corrected chi connectivity index (χ3v) is 0. The van der Waals surface area contributed by atoms with Crippen LogP contribution in [0.3, 0.4) is 0 Å². The summed E-state index contributed by atoms with van der Waals surface area (Å²) in [7, 11) is 0. The van der Waals surface area contributed by atoms with Gasteiger partial charge in [0.2, 0.25) is 0 Å². The molecule has 0 bridgehead atoms. The molecule has 0 aliphatic carbocycles. The quantitative estimate of drug-likeness (QED) is 0.390. The van der Waals surface area contributed by atoms with Crippen LogP contribution >= 0.6 is 0 Å². The minimum absolute atomic E-state index is 0. The summed E-state index contributed by atoms with van der Waals surface area (Å²) in [6, 6.07) is 0. The van der Waals surface area contributed by atoms with E-state index in [1.165, 1.54) is 0 Å². The maximum atomic E-state index is 9.82. The fraction of sp³-hybridized carbons (Fsp3) is 0. The number of hydrogen-bond acceptors (Lipinski definition) is 0. The molecule has 5 heavy (non-hydrogen) atoms. The van der Waals surface area contributed by atoms with Crippen LogP contribution in [0.25, 0.3) is 0 Å². The van der Waals surface area contributed by atoms with E-state index in [2.05, 4.69) is 0 Å². The summed E-state index contributed by atoms with van der Waals surface area (Å²) in [5.74, 6) is 0. The summed E-state index contributed by atoms with van der Waals surface area (Å²) in [6.45, 7) is 0. The molecule has 0 aromatic carbocycles. The second-order valence-corrected chi connectivity index (χ2v) is 0.627. The van der Waals surface area contributed by atoms with E-state index in [4.69, 9.17) is 0 Å². The summed E-state index contributed by atoms with van der Waals surface area (Å²) in [5.41, 5.74) is 0. The van der Waals surface area contributed by atoms with Crippen molar-refractivity contribution in [3.8, 4) is 0 Å². The summed E-state index contributed by atoms with van der Waals surface area (Å²) in [4.78, 5) is 0. The van der Waals surface area contributed by atoms with E-state index in [-0.39, 0.29) is 34.3 Å². The van der Waals surface area contributed by atoms with E-state index in [1.54, 1.807) is 0 Å². The average molecular weight is 287 g/mol. The molecule has 0 saturated carbocycles. The maximum Gasteiger partial charge on any atom is 1.00 e. The van der Waals surface area contributed by atoms with Crippen LogP contribution in [-0.4, -0.2) is 25.5 Å². The predicted octanol–water partition coefficient (Wildman–Crippen LogP) is -5.53. The molecule has 0 aromatic rings. The Bertz CT molecular complexity index is 6.85. The van der Waals surface area contributed by atoms with Gasteiger partial charge in [-0.2, -0.15) is 0 Å². The van der Waals surface area contributed by atoms with E-state index in [9.17, 15) is 5.02 Å². The summed E-state index contributed by atoms with van der Waals surface area (Å²) in [5, 5.41) is 0. The molecule has 0 N–H and O–H groups in total. The molecule has 0 saturated heterocycles. The largest absolute Gasteiger partial charge is 1.00 e. The molecule has 0 spiro atoms. The zero-order valence-electron chi connectivity index (χ0n) is 2.63. The zero-order chi connectivity index (χ0) is 2.71. The molecule has 0 atom stereocenters. The van der Waals surface area contributed by atoms with Crippen molar-refractivity contribution >= 4 is 25.5 Å². The molecular formula is F3NaPb. The third-order valence-electron chi connectivity index (χ3n) is 0. The molecule has 0 unspecified atom stereocenters. The van der Waals surface area contributed by atoms with E-state index in [0.29, 0.717) is 0 Å². The van der Waals surface area contributed by atoms with Crippen LogP contribution in [0.1, 0.15) is 0 Å². The van der Waals surface area contributed by atoms with Crippen molar-refractivity contribution in [2.24, 2.45) is 0 Å². The Labute approximate surface area is 64.1 Å². The number of hydrogen-bond donors (Lipinski definition) is 0. The van der Waals surface area contributed by atoms with Gasteiger partial charge in [-0.3, -0.25) is 0 Å². The minimum atomic E-state index is -2.92. The second-order valence-electron chi connectivity index (χ2n) is 0.0714. The molecule has 0 nitrogen and oxygen atoms in total. The van der Waals surface area contributed by atoms with Crippen molar-refractivity contribution in [3.63, 3.8) is 0 Å². The van der Waals surface area contributed by atoms with E-state index in [0.717, 1.165) is 0 Å². The topological polar surface area (TPSA) is 0 Å². The first-order valence-corrected chi connectivity index (χ1v) is 3.32. The molecule has 0 rings (SSSR count).